The summed E-state index contributed by atoms with van der Waals surface area (Å²) in [6.45, 7) is 2.25. The Morgan fingerprint density at radius 2 is 1.54 bits per heavy atom. The highest BCUT2D eigenvalue weighted by Gasteiger charge is 2.34. The molecule has 0 aliphatic carbocycles. The number of rotatable bonds is 4. The number of imide groups is 1. The summed E-state index contributed by atoms with van der Waals surface area (Å²) in [5.41, 5.74) is 10.3. The van der Waals surface area contributed by atoms with Crippen LogP contribution in [0.15, 0.2) is 65.6 Å². The first kappa shape index (κ1) is 23.4. The summed E-state index contributed by atoms with van der Waals surface area (Å²) in [6.07, 6.45) is 0. The number of sulfonamides is 1. The molecule has 2 aliphatic rings. The first-order valence-electron chi connectivity index (χ1n) is 11.9. The van der Waals surface area contributed by atoms with Gasteiger partial charge in [-0.3, -0.25) is 14.9 Å². The molecule has 2 aliphatic heterocycles. The number of nitrogen functional groups attached to an aromatic ring is 1. The Hall–Kier alpha value is -3.99. The molecule has 37 heavy (non-hydrogen) atoms. The number of benzene rings is 3. The van der Waals surface area contributed by atoms with E-state index in [1.165, 1.54) is 4.31 Å². The van der Waals surface area contributed by atoms with Crippen molar-refractivity contribution in [2.24, 2.45) is 0 Å². The summed E-state index contributed by atoms with van der Waals surface area (Å²) >= 11 is 0. The first-order chi connectivity index (χ1) is 17.7. The molecule has 0 unspecified atom stereocenters. The minimum absolute atomic E-state index is 0.151. The van der Waals surface area contributed by atoms with Gasteiger partial charge < -0.3 is 15.6 Å². The van der Waals surface area contributed by atoms with Gasteiger partial charge in [-0.2, -0.15) is 4.31 Å². The second-order valence-corrected chi connectivity index (χ2v) is 11.4. The quantitative estimate of drug-likeness (QED) is 0.283. The molecule has 0 spiro atoms. The molecule has 6 rings (SSSR count). The minimum atomic E-state index is -3.64. The molecule has 9 nitrogen and oxygen atoms in total. The molecule has 1 saturated heterocycles. The Labute approximate surface area is 213 Å². The maximum atomic E-state index is 13.3. The Morgan fingerprint density at radius 1 is 0.838 bits per heavy atom. The van der Waals surface area contributed by atoms with Crippen molar-refractivity contribution in [3.05, 3.63) is 71.8 Å². The van der Waals surface area contributed by atoms with Crippen LogP contribution in [0.1, 0.15) is 20.7 Å². The molecule has 4 N–H and O–H groups in total. The van der Waals surface area contributed by atoms with Gasteiger partial charge in [0.05, 0.1) is 21.7 Å². The van der Waals surface area contributed by atoms with Gasteiger partial charge in [0.2, 0.25) is 10.0 Å². The molecule has 0 radical (unpaired) electrons. The number of aromatic nitrogens is 1. The number of carbonyl (C=O) groups excluding carboxylic acids is 2. The topological polar surface area (TPSA) is 129 Å². The number of nitrogens with one attached hydrogen (secondary N) is 2. The van der Waals surface area contributed by atoms with E-state index in [2.05, 4.69) is 15.2 Å². The van der Waals surface area contributed by atoms with Crippen molar-refractivity contribution in [1.29, 1.82) is 0 Å². The number of nitrogens with two attached hydrogens (primary N) is 1. The van der Waals surface area contributed by atoms with Crippen molar-refractivity contribution >= 4 is 38.4 Å². The summed E-state index contributed by atoms with van der Waals surface area (Å²) in [7, 11) is -1.66. The van der Waals surface area contributed by atoms with Crippen LogP contribution in [-0.4, -0.2) is 67.6 Å². The van der Waals surface area contributed by atoms with Gasteiger partial charge in [-0.05, 0) is 42.9 Å². The normalized spacial score (nSPS) is 16.8. The van der Waals surface area contributed by atoms with Gasteiger partial charge in [0.1, 0.15) is 0 Å². The van der Waals surface area contributed by atoms with Gasteiger partial charge in [-0.25, -0.2) is 8.42 Å². The van der Waals surface area contributed by atoms with E-state index in [-0.39, 0.29) is 21.7 Å². The molecular weight excluding hydrogens is 490 g/mol. The van der Waals surface area contributed by atoms with Crippen molar-refractivity contribution < 1.29 is 18.0 Å². The first-order valence-corrected chi connectivity index (χ1v) is 13.4. The number of hydrogen-bond acceptors (Lipinski definition) is 6. The summed E-state index contributed by atoms with van der Waals surface area (Å²) in [5.74, 6) is -1.05. The van der Waals surface area contributed by atoms with Crippen molar-refractivity contribution in [3.8, 4) is 22.4 Å². The van der Waals surface area contributed by atoms with Crippen LogP contribution in [0.5, 0.6) is 0 Å². The Kier molecular flexibility index (Phi) is 5.41. The number of carbonyl (C=O) groups is 2. The Bertz CT molecular complexity index is 1690. The molecule has 0 atom stereocenters. The predicted molar refractivity (Wildman–Crippen MR) is 142 cm³/mol. The van der Waals surface area contributed by atoms with E-state index >= 15 is 0 Å². The van der Waals surface area contributed by atoms with Crippen LogP contribution in [0.4, 0.5) is 5.69 Å². The van der Waals surface area contributed by atoms with Crippen molar-refractivity contribution in [2.75, 3.05) is 39.0 Å². The fraction of sp³-hybridized carbons (Fsp3) is 0.185. The maximum absolute atomic E-state index is 13.3. The number of fused-ring (bicyclic) bond motifs is 2. The highest BCUT2D eigenvalue weighted by molar-refractivity contribution is 7.89. The molecule has 0 bridgehead atoms. The third kappa shape index (κ3) is 3.81. The third-order valence-corrected chi connectivity index (χ3v) is 9.01. The van der Waals surface area contributed by atoms with E-state index in [1.54, 1.807) is 30.3 Å². The number of likely N-dealkylation sites (N-methyl/N-ethyl adjacent to an activating group) is 1. The lowest BCUT2D eigenvalue weighted by molar-refractivity contribution is 0.0880. The summed E-state index contributed by atoms with van der Waals surface area (Å²) < 4.78 is 28.1. The summed E-state index contributed by atoms with van der Waals surface area (Å²) in [6, 6.07) is 18.0. The van der Waals surface area contributed by atoms with Crippen LogP contribution in [0, 0.1) is 0 Å². The number of anilines is 1. The van der Waals surface area contributed by atoms with Gasteiger partial charge in [-0.15, -0.1) is 0 Å². The number of aromatic amines is 1. The Morgan fingerprint density at radius 3 is 2.27 bits per heavy atom. The van der Waals surface area contributed by atoms with Gasteiger partial charge in [0.15, 0.2) is 0 Å². The SMILES string of the molecule is CN1CCN(S(=O)(=O)c2ccc3[nH]c(-c4cc(-c5ccccc5)c(N)c5c4C(=O)NC5=O)cc3c2)CC1. The zero-order valence-corrected chi connectivity index (χ0v) is 20.9. The largest absolute Gasteiger partial charge is 0.398 e. The van der Waals surface area contributed by atoms with E-state index in [4.69, 9.17) is 5.73 Å². The molecule has 10 heteroatoms. The lowest BCUT2D eigenvalue weighted by atomic mass is 9.91. The van der Waals surface area contributed by atoms with Crippen LogP contribution in [0.3, 0.4) is 0 Å². The molecule has 2 amide bonds. The fourth-order valence-electron chi connectivity index (χ4n) is 5.06. The lowest BCUT2D eigenvalue weighted by Gasteiger charge is -2.31. The molecule has 3 aromatic carbocycles. The molecule has 0 saturated carbocycles. The summed E-state index contributed by atoms with van der Waals surface area (Å²) in [4.78, 5) is 31.1. The smallest absolute Gasteiger partial charge is 0.261 e. The lowest BCUT2D eigenvalue weighted by Crippen LogP contribution is -2.46. The summed E-state index contributed by atoms with van der Waals surface area (Å²) in [5, 5.41) is 3.04. The molecule has 4 aromatic rings. The highest BCUT2D eigenvalue weighted by Crippen LogP contribution is 2.40. The van der Waals surface area contributed by atoms with Crippen LogP contribution >= 0.6 is 0 Å². The average Bonchev–Trinajstić information content (AvgIpc) is 3.45. The molecule has 1 aromatic heterocycles. The van der Waals surface area contributed by atoms with Gasteiger partial charge >= 0.3 is 0 Å². The van der Waals surface area contributed by atoms with Crippen LogP contribution in [-0.2, 0) is 10.0 Å². The van der Waals surface area contributed by atoms with Crippen LogP contribution in [0.2, 0.25) is 0 Å². The standard InChI is InChI=1S/C27H25N5O4S/c1-31-9-11-32(12-10-31)37(35,36)18-7-8-21-17(13-18)14-22(29-21)20-15-19(16-5-3-2-4-6-16)25(28)24-23(20)26(33)30-27(24)34/h2-8,13-15,29H,9-12,28H2,1H3,(H,30,33,34). The minimum Gasteiger partial charge on any atom is -0.398 e. The predicted octanol–water partition coefficient (Wildman–Crippen LogP) is 2.90. The van der Waals surface area contributed by atoms with Crippen LogP contribution in [0.25, 0.3) is 33.3 Å². The van der Waals surface area contributed by atoms with E-state index in [0.717, 1.165) is 5.56 Å². The van der Waals surface area contributed by atoms with Crippen molar-refractivity contribution in [3.63, 3.8) is 0 Å². The number of hydrogen-bond donors (Lipinski definition) is 3. The monoisotopic (exact) mass is 515 g/mol. The number of piperazine rings is 1. The van der Waals surface area contributed by atoms with Crippen molar-refractivity contribution in [1.82, 2.24) is 19.5 Å². The molecule has 1 fully saturated rings. The maximum Gasteiger partial charge on any atom is 0.261 e. The number of H-pyrrole nitrogens is 1. The molecular formula is C27H25N5O4S. The van der Waals surface area contributed by atoms with E-state index < -0.39 is 21.8 Å². The van der Waals surface area contributed by atoms with Gasteiger partial charge in [0, 0.05) is 53.9 Å². The average molecular weight is 516 g/mol. The zero-order valence-electron chi connectivity index (χ0n) is 20.1. The second kappa shape index (κ2) is 8.55. The van der Waals surface area contributed by atoms with Crippen LogP contribution < -0.4 is 11.1 Å². The number of nitrogens with zero attached hydrogens (tertiary/aromatic N) is 2. The van der Waals surface area contributed by atoms with E-state index in [0.29, 0.717) is 53.9 Å². The van der Waals surface area contributed by atoms with E-state index in [9.17, 15) is 18.0 Å². The second-order valence-electron chi connectivity index (χ2n) is 9.42. The van der Waals surface area contributed by atoms with Gasteiger partial charge in [-0.1, -0.05) is 30.3 Å². The highest BCUT2D eigenvalue weighted by atomic mass is 32.2. The zero-order chi connectivity index (χ0) is 25.9. The van der Waals surface area contributed by atoms with Gasteiger partial charge in [0.25, 0.3) is 11.8 Å². The fourth-order valence-corrected chi connectivity index (χ4v) is 6.52. The molecule has 188 valence electrons. The third-order valence-electron chi connectivity index (χ3n) is 7.12. The van der Waals surface area contributed by atoms with Crippen molar-refractivity contribution in [2.45, 2.75) is 4.90 Å². The molecule has 3 heterocycles. The number of amides is 2. The van der Waals surface area contributed by atoms with E-state index in [1.807, 2.05) is 37.4 Å². The Balaban J connectivity index is 1.48.